The molecule has 0 aliphatic heterocycles. The van der Waals surface area contributed by atoms with E-state index in [-0.39, 0.29) is 23.0 Å². The van der Waals surface area contributed by atoms with E-state index in [1.54, 1.807) is 37.0 Å². The number of hydrogen-bond donors (Lipinski definition) is 2. The van der Waals surface area contributed by atoms with Gasteiger partial charge < -0.3 is 15.6 Å². The minimum atomic E-state index is -0.689. The summed E-state index contributed by atoms with van der Waals surface area (Å²) in [5.41, 5.74) is 7.03. The van der Waals surface area contributed by atoms with Gasteiger partial charge in [0.1, 0.15) is 11.3 Å². The molecule has 4 aromatic heterocycles. The monoisotopic (exact) mass is 391 g/mol. The minimum absolute atomic E-state index is 0.0937. The zero-order chi connectivity index (χ0) is 19.7. The van der Waals surface area contributed by atoms with Gasteiger partial charge in [0.25, 0.3) is 5.91 Å². The number of anilines is 1. The van der Waals surface area contributed by atoms with Crippen LogP contribution >= 0.6 is 11.3 Å². The Hall–Kier alpha value is -3.59. The number of fused-ring (bicyclic) bond motifs is 1. The van der Waals surface area contributed by atoms with E-state index in [1.165, 1.54) is 15.9 Å². The van der Waals surface area contributed by atoms with Crippen LogP contribution in [0, 0.1) is 6.20 Å². The van der Waals surface area contributed by atoms with Crippen LogP contribution in [0.15, 0.2) is 42.0 Å². The van der Waals surface area contributed by atoms with Gasteiger partial charge >= 0.3 is 0 Å². The van der Waals surface area contributed by atoms with Crippen LogP contribution in [0.5, 0.6) is 0 Å². The van der Waals surface area contributed by atoms with Gasteiger partial charge in [-0.05, 0) is 23.1 Å². The van der Waals surface area contributed by atoms with E-state index in [2.05, 4.69) is 26.5 Å². The topological polar surface area (TPSA) is 116 Å². The van der Waals surface area contributed by atoms with E-state index < -0.39 is 5.91 Å². The predicted octanol–water partition coefficient (Wildman–Crippen LogP) is 2.17. The Bertz CT molecular complexity index is 1170. The summed E-state index contributed by atoms with van der Waals surface area (Å²) >= 11 is 1.30. The fourth-order valence-corrected chi connectivity index (χ4v) is 3.49. The maximum absolute atomic E-state index is 13.0. The SMILES string of the molecule is Cn1[c]c(C(N)=O)c2c(C(=O)c3cccs3)nc(NCc3cccnc3)nc21. The van der Waals surface area contributed by atoms with Gasteiger partial charge in [-0.2, -0.15) is 4.98 Å². The highest BCUT2D eigenvalue weighted by molar-refractivity contribution is 7.12. The van der Waals surface area contributed by atoms with Gasteiger partial charge in [0, 0.05) is 26.0 Å². The number of aromatic nitrogens is 4. The van der Waals surface area contributed by atoms with Crippen LogP contribution in [-0.4, -0.2) is 31.2 Å². The van der Waals surface area contributed by atoms with Crippen molar-refractivity contribution in [3.8, 4) is 0 Å². The van der Waals surface area contributed by atoms with E-state index in [0.29, 0.717) is 22.5 Å². The van der Waals surface area contributed by atoms with Crippen LogP contribution in [0.4, 0.5) is 5.95 Å². The summed E-state index contributed by atoms with van der Waals surface area (Å²) in [7, 11) is 1.69. The second-order valence-corrected chi connectivity index (χ2v) is 6.97. The number of aryl methyl sites for hydroxylation is 1. The number of amides is 1. The quantitative estimate of drug-likeness (QED) is 0.487. The molecule has 0 saturated carbocycles. The van der Waals surface area contributed by atoms with Crippen molar-refractivity contribution in [1.29, 1.82) is 0 Å². The maximum atomic E-state index is 13.0. The van der Waals surface area contributed by atoms with Crippen molar-refractivity contribution in [1.82, 2.24) is 19.5 Å². The smallest absolute Gasteiger partial charge is 0.251 e. The molecule has 0 atom stereocenters. The molecule has 0 aliphatic rings. The summed E-state index contributed by atoms with van der Waals surface area (Å²) in [6.45, 7) is 0.433. The van der Waals surface area contributed by atoms with Crippen LogP contribution in [0.25, 0.3) is 11.0 Å². The summed E-state index contributed by atoms with van der Waals surface area (Å²) in [6, 6.07) is 7.24. The van der Waals surface area contributed by atoms with Crippen molar-refractivity contribution in [2.45, 2.75) is 6.54 Å². The Kier molecular flexibility index (Phi) is 4.58. The molecule has 9 heteroatoms. The fraction of sp³-hybridized carbons (Fsp3) is 0.105. The first-order valence-corrected chi connectivity index (χ1v) is 9.23. The first kappa shape index (κ1) is 17.8. The largest absolute Gasteiger partial charge is 0.366 e. The summed E-state index contributed by atoms with van der Waals surface area (Å²) in [6.07, 6.45) is 6.26. The fourth-order valence-electron chi connectivity index (χ4n) is 2.83. The van der Waals surface area contributed by atoms with Gasteiger partial charge in [-0.25, -0.2) is 4.98 Å². The molecule has 0 bridgehead atoms. The summed E-state index contributed by atoms with van der Waals surface area (Å²) < 4.78 is 1.54. The lowest BCUT2D eigenvalue weighted by molar-refractivity contribution is 0.100. The number of carbonyl (C=O) groups excluding carboxylic acids is 2. The van der Waals surface area contributed by atoms with Gasteiger partial charge in [0.2, 0.25) is 11.7 Å². The highest BCUT2D eigenvalue weighted by Crippen LogP contribution is 2.26. The van der Waals surface area contributed by atoms with Gasteiger partial charge in [0.05, 0.1) is 22.0 Å². The third-order valence-electron chi connectivity index (χ3n) is 4.12. The maximum Gasteiger partial charge on any atom is 0.251 e. The molecule has 139 valence electrons. The molecule has 0 aromatic carbocycles. The molecule has 8 nitrogen and oxygen atoms in total. The van der Waals surface area contributed by atoms with Crippen molar-refractivity contribution in [3.05, 3.63) is 69.9 Å². The molecule has 0 saturated heterocycles. The average molecular weight is 391 g/mol. The van der Waals surface area contributed by atoms with E-state index in [9.17, 15) is 9.59 Å². The molecule has 0 spiro atoms. The Labute approximate surface area is 164 Å². The third kappa shape index (κ3) is 3.23. The zero-order valence-corrected chi connectivity index (χ0v) is 15.7. The summed E-state index contributed by atoms with van der Waals surface area (Å²) in [4.78, 5) is 38.3. The number of nitrogens with two attached hydrogens (primary N) is 1. The number of ketones is 1. The Morgan fingerprint density at radius 1 is 1.29 bits per heavy atom. The van der Waals surface area contributed by atoms with Crippen molar-refractivity contribution in [2.24, 2.45) is 12.8 Å². The second kappa shape index (κ2) is 7.20. The molecule has 3 N–H and O–H groups in total. The molecule has 4 aromatic rings. The van der Waals surface area contributed by atoms with Crippen LogP contribution in [0.1, 0.15) is 31.3 Å². The van der Waals surface area contributed by atoms with Crippen LogP contribution in [0.3, 0.4) is 0 Å². The zero-order valence-electron chi connectivity index (χ0n) is 14.8. The number of carbonyl (C=O) groups is 2. The van der Waals surface area contributed by atoms with E-state index >= 15 is 0 Å². The van der Waals surface area contributed by atoms with E-state index in [4.69, 9.17) is 5.73 Å². The molecular weight excluding hydrogens is 376 g/mol. The molecule has 0 aliphatic carbocycles. The van der Waals surface area contributed by atoms with Crippen molar-refractivity contribution in [2.75, 3.05) is 5.32 Å². The third-order valence-corrected chi connectivity index (χ3v) is 4.99. The number of pyridine rings is 1. The van der Waals surface area contributed by atoms with Gasteiger partial charge in [-0.15, -0.1) is 11.3 Å². The summed E-state index contributed by atoms with van der Waals surface area (Å²) in [5, 5.41) is 5.22. The van der Waals surface area contributed by atoms with Crippen molar-refractivity contribution < 1.29 is 9.59 Å². The number of thiophene rings is 1. The number of nitrogens with one attached hydrogen (secondary N) is 1. The van der Waals surface area contributed by atoms with Crippen LogP contribution < -0.4 is 11.1 Å². The van der Waals surface area contributed by atoms with Gasteiger partial charge in [0.15, 0.2) is 0 Å². The van der Waals surface area contributed by atoms with Crippen molar-refractivity contribution >= 4 is 40.0 Å². The van der Waals surface area contributed by atoms with E-state index in [0.717, 1.165) is 5.56 Å². The molecular formula is C19H15N6O2S. The highest BCUT2D eigenvalue weighted by atomic mass is 32.1. The first-order chi connectivity index (χ1) is 13.5. The van der Waals surface area contributed by atoms with Gasteiger partial charge in [-0.3, -0.25) is 14.6 Å². The van der Waals surface area contributed by atoms with Crippen molar-refractivity contribution in [3.63, 3.8) is 0 Å². The molecule has 1 radical (unpaired) electrons. The molecule has 0 fully saturated rings. The van der Waals surface area contributed by atoms with E-state index in [1.807, 2.05) is 12.1 Å². The minimum Gasteiger partial charge on any atom is -0.366 e. The average Bonchev–Trinajstić information content (AvgIpc) is 3.35. The lowest BCUT2D eigenvalue weighted by Crippen LogP contribution is -2.14. The molecule has 1 amide bonds. The Balaban J connectivity index is 1.83. The summed E-state index contributed by atoms with van der Waals surface area (Å²) in [5.74, 6) is -0.721. The Morgan fingerprint density at radius 2 is 2.14 bits per heavy atom. The van der Waals surface area contributed by atoms with Crippen LogP contribution in [-0.2, 0) is 13.6 Å². The number of hydrogen-bond acceptors (Lipinski definition) is 7. The lowest BCUT2D eigenvalue weighted by atomic mass is 10.1. The highest BCUT2D eigenvalue weighted by Gasteiger charge is 2.24. The normalized spacial score (nSPS) is 10.9. The Morgan fingerprint density at radius 3 is 2.82 bits per heavy atom. The second-order valence-electron chi connectivity index (χ2n) is 6.03. The van der Waals surface area contributed by atoms with Crippen LogP contribution in [0.2, 0.25) is 0 Å². The number of primary amides is 1. The molecule has 4 rings (SSSR count). The molecule has 4 heterocycles. The first-order valence-electron chi connectivity index (χ1n) is 8.35. The molecule has 28 heavy (non-hydrogen) atoms. The number of nitrogens with zero attached hydrogens (tertiary/aromatic N) is 4. The lowest BCUT2D eigenvalue weighted by Gasteiger charge is -2.09. The predicted molar refractivity (Wildman–Crippen MR) is 105 cm³/mol. The standard InChI is InChI=1S/C19H15N6O2S/c1-25-10-12(17(20)27)14-15(16(26)13-5-3-7-28-13)23-19(24-18(14)25)22-9-11-4-2-6-21-8-11/h2-8H,9H2,1H3,(H2,20,27)(H,22,23,24). The van der Waals surface area contributed by atoms with Gasteiger partial charge in [-0.1, -0.05) is 12.1 Å². The number of rotatable bonds is 6. The molecule has 0 unspecified atom stereocenters.